The van der Waals surface area contributed by atoms with Gasteiger partial charge in [-0.3, -0.25) is 9.78 Å². The van der Waals surface area contributed by atoms with E-state index in [0.29, 0.717) is 24.4 Å². The molecule has 76 valence electrons. The van der Waals surface area contributed by atoms with Crippen LogP contribution in [0.25, 0.3) is 0 Å². The zero-order valence-corrected chi connectivity index (χ0v) is 8.42. The summed E-state index contributed by atoms with van der Waals surface area (Å²) in [6.45, 7) is 0.673. The van der Waals surface area contributed by atoms with Gasteiger partial charge in [-0.1, -0.05) is 11.6 Å². The number of anilines is 1. The number of primary amides is 1. The number of amides is 1. The monoisotopic (exact) mass is 213 g/mol. The molecule has 1 amide bonds. The zero-order chi connectivity index (χ0) is 10.4. The molecule has 0 aromatic carbocycles. The Morgan fingerprint density at radius 3 is 3.07 bits per heavy atom. The molecule has 0 saturated heterocycles. The molecule has 1 rings (SSSR count). The lowest BCUT2D eigenvalue weighted by Gasteiger charge is -2.06. The molecule has 0 saturated carbocycles. The van der Waals surface area contributed by atoms with Crippen molar-refractivity contribution in [3.63, 3.8) is 0 Å². The molecule has 0 atom stereocenters. The van der Waals surface area contributed by atoms with Crippen molar-refractivity contribution in [2.45, 2.75) is 12.8 Å². The van der Waals surface area contributed by atoms with E-state index in [0.717, 1.165) is 5.69 Å². The number of nitrogens with two attached hydrogens (primary N) is 1. The number of nitrogens with one attached hydrogen (secondary N) is 1. The number of carbonyl (C=O) groups excluding carboxylic acids is 1. The minimum absolute atomic E-state index is 0.285. The Hall–Kier alpha value is -1.29. The first-order chi connectivity index (χ1) is 6.70. The molecule has 0 spiro atoms. The van der Waals surface area contributed by atoms with Crippen LogP contribution in [0.3, 0.4) is 0 Å². The summed E-state index contributed by atoms with van der Waals surface area (Å²) < 4.78 is 0. The molecule has 1 aromatic rings. The van der Waals surface area contributed by atoms with Crippen molar-refractivity contribution in [2.75, 3.05) is 11.9 Å². The zero-order valence-electron chi connectivity index (χ0n) is 7.66. The molecule has 0 fully saturated rings. The van der Waals surface area contributed by atoms with E-state index in [4.69, 9.17) is 17.3 Å². The van der Waals surface area contributed by atoms with Gasteiger partial charge in [0.05, 0.1) is 10.7 Å². The van der Waals surface area contributed by atoms with Crippen LogP contribution in [0.5, 0.6) is 0 Å². The van der Waals surface area contributed by atoms with Gasteiger partial charge in [0.2, 0.25) is 5.91 Å². The van der Waals surface area contributed by atoms with Crippen LogP contribution in [0.1, 0.15) is 12.8 Å². The summed E-state index contributed by atoms with van der Waals surface area (Å²) in [5.41, 5.74) is 5.82. The third-order valence-corrected chi connectivity index (χ3v) is 1.99. The van der Waals surface area contributed by atoms with Gasteiger partial charge in [-0.2, -0.15) is 0 Å². The highest BCUT2D eigenvalue weighted by Gasteiger charge is 1.98. The molecule has 0 radical (unpaired) electrons. The minimum atomic E-state index is -0.285. The normalized spacial score (nSPS) is 9.79. The highest BCUT2D eigenvalue weighted by molar-refractivity contribution is 6.33. The summed E-state index contributed by atoms with van der Waals surface area (Å²) in [6, 6.07) is 1.78. The van der Waals surface area contributed by atoms with E-state index < -0.39 is 0 Å². The van der Waals surface area contributed by atoms with Crippen LogP contribution in [0.15, 0.2) is 18.5 Å². The minimum Gasteiger partial charge on any atom is -0.384 e. The lowest BCUT2D eigenvalue weighted by atomic mass is 10.3. The van der Waals surface area contributed by atoms with E-state index in [1.807, 2.05) is 0 Å². The topological polar surface area (TPSA) is 68.0 Å². The van der Waals surface area contributed by atoms with E-state index in [2.05, 4.69) is 10.3 Å². The van der Waals surface area contributed by atoms with Crippen molar-refractivity contribution in [3.05, 3.63) is 23.5 Å². The maximum absolute atomic E-state index is 10.4. The molecule has 1 heterocycles. The third kappa shape index (κ3) is 3.62. The second kappa shape index (κ2) is 5.44. The van der Waals surface area contributed by atoms with Gasteiger partial charge in [0.25, 0.3) is 0 Å². The van der Waals surface area contributed by atoms with Gasteiger partial charge >= 0.3 is 0 Å². The summed E-state index contributed by atoms with van der Waals surface area (Å²) >= 11 is 5.85. The molecule has 0 aliphatic rings. The second-order valence-electron chi connectivity index (χ2n) is 2.85. The summed E-state index contributed by atoms with van der Waals surface area (Å²) in [5, 5.41) is 3.66. The lowest BCUT2D eigenvalue weighted by Crippen LogP contribution is -2.12. The van der Waals surface area contributed by atoms with Gasteiger partial charge in [0.1, 0.15) is 0 Å². The number of carbonyl (C=O) groups is 1. The van der Waals surface area contributed by atoms with E-state index in [1.54, 1.807) is 18.5 Å². The van der Waals surface area contributed by atoms with Crippen molar-refractivity contribution in [3.8, 4) is 0 Å². The van der Waals surface area contributed by atoms with Gasteiger partial charge < -0.3 is 11.1 Å². The van der Waals surface area contributed by atoms with Crippen LogP contribution >= 0.6 is 11.6 Å². The van der Waals surface area contributed by atoms with Crippen molar-refractivity contribution >= 4 is 23.2 Å². The first-order valence-electron chi connectivity index (χ1n) is 4.32. The van der Waals surface area contributed by atoms with Crippen molar-refractivity contribution in [2.24, 2.45) is 5.73 Å². The fourth-order valence-corrected chi connectivity index (χ4v) is 1.19. The standard InChI is InChI=1S/C9H12ClN3O/c10-7-6-12-5-3-8(7)13-4-1-2-9(11)14/h3,5-6H,1-2,4H2,(H2,11,14)(H,12,13). The molecule has 14 heavy (non-hydrogen) atoms. The van der Waals surface area contributed by atoms with Crippen molar-refractivity contribution < 1.29 is 4.79 Å². The molecule has 0 bridgehead atoms. The summed E-state index contributed by atoms with van der Waals surface area (Å²) in [6.07, 6.45) is 4.31. The maximum atomic E-state index is 10.4. The molecular formula is C9H12ClN3O. The van der Waals surface area contributed by atoms with E-state index in [1.165, 1.54) is 0 Å². The second-order valence-corrected chi connectivity index (χ2v) is 3.26. The highest BCUT2D eigenvalue weighted by atomic mass is 35.5. The molecule has 1 aromatic heterocycles. The molecule has 0 aliphatic carbocycles. The Morgan fingerprint density at radius 2 is 2.43 bits per heavy atom. The fraction of sp³-hybridized carbons (Fsp3) is 0.333. The van der Waals surface area contributed by atoms with Crippen molar-refractivity contribution in [1.29, 1.82) is 0 Å². The smallest absolute Gasteiger partial charge is 0.217 e. The Balaban J connectivity index is 2.31. The average molecular weight is 214 g/mol. The molecule has 5 heteroatoms. The van der Waals surface area contributed by atoms with Gasteiger partial charge in [0, 0.05) is 25.4 Å². The summed E-state index contributed by atoms with van der Waals surface area (Å²) in [7, 11) is 0. The number of nitrogens with zero attached hydrogens (tertiary/aromatic N) is 1. The van der Waals surface area contributed by atoms with E-state index >= 15 is 0 Å². The number of halogens is 1. The summed E-state index contributed by atoms with van der Waals surface area (Å²) in [5.74, 6) is -0.285. The number of aromatic nitrogens is 1. The Morgan fingerprint density at radius 1 is 1.64 bits per heavy atom. The van der Waals surface area contributed by atoms with Gasteiger partial charge in [-0.15, -0.1) is 0 Å². The van der Waals surface area contributed by atoms with Gasteiger partial charge in [0.15, 0.2) is 0 Å². The van der Waals surface area contributed by atoms with E-state index in [9.17, 15) is 4.79 Å². The predicted octanol–water partition coefficient (Wildman–Crippen LogP) is 1.41. The molecule has 4 nitrogen and oxygen atoms in total. The average Bonchev–Trinajstić information content (AvgIpc) is 2.15. The fourth-order valence-electron chi connectivity index (χ4n) is 1.00. The van der Waals surface area contributed by atoms with E-state index in [-0.39, 0.29) is 5.91 Å². The first kappa shape index (κ1) is 10.8. The first-order valence-corrected chi connectivity index (χ1v) is 4.69. The SMILES string of the molecule is NC(=O)CCCNc1ccncc1Cl. The van der Waals surface area contributed by atoms with Crippen LogP contribution in [-0.4, -0.2) is 17.4 Å². The number of hydrogen-bond acceptors (Lipinski definition) is 3. The van der Waals surface area contributed by atoms with Crippen LogP contribution in [-0.2, 0) is 4.79 Å². The lowest BCUT2D eigenvalue weighted by molar-refractivity contribution is -0.118. The largest absolute Gasteiger partial charge is 0.384 e. The Labute approximate surface area is 87.5 Å². The number of pyridine rings is 1. The Bertz CT molecular complexity index is 317. The van der Waals surface area contributed by atoms with Crippen LogP contribution in [0.4, 0.5) is 5.69 Å². The highest BCUT2D eigenvalue weighted by Crippen LogP contribution is 2.18. The quantitative estimate of drug-likeness (QED) is 0.727. The predicted molar refractivity (Wildman–Crippen MR) is 56.2 cm³/mol. The molecular weight excluding hydrogens is 202 g/mol. The number of hydrogen-bond donors (Lipinski definition) is 2. The van der Waals surface area contributed by atoms with Gasteiger partial charge in [-0.05, 0) is 12.5 Å². The van der Waals surface area contributed by atoms with Crippen LogP contribution in [0, 0.1) is 0 Å². The summed E-state index contributed by atoms with van der Waals surface area (Å²) in [4.78, 5) is 14.3. The third-order valence-electron chi connectivity index (χ3n) is 1.69. The van der Waals surface area contributed by atoms with Gasteiger partial charge in [-0.25, -0.2) is 0 Å². The molecule has 3 N–H and O–H groups in total. The molecule has 0 unspecified atom stereocenters. The molecule has 0 aliphatic heterocycles. The number of rotatable bonds is 5. The van der Waals surface area contributed by atoms with Crippen molar-refractivity contribution in [1.82, 2.24) is 4.98 Å². The maximum Gasteiger partial charge on any atom is 0.217 e. The Kier molecular flexibility index (Phi) is 4.19. The van der Waals surface area contributed by atoms with Crippen LogP contribution in [0.2, 0.25) is 5.02 Å². The van der Waals surface area contributed by atoms with Crippen LogP contribution < -0.4 is 11.1 Å².